The van der Waals surface area contributed by atoms with E-state index in [4.69, 9.17) is 5.73 Å². The Labute approximate surface area is 122 Å². The van der Waals surface area contributed by atoms with E-state index in [-0.39, 0.29) is 5.91 Å². The maximum atomic E-state index is 11.4. The number of fused-ring (bicyclic) bond motifs is 1. The summed E-state index contributed by atoms with van der Waals surface area (Å²) in [7, 11) is 1.92. The fourth-order valence-corrected chi connectivity index (χ4v) is 2.44. The van der Waals surface area contributed by atoms with Gasteiger partial charge in [-0.25, -0.2) is 0 Å². The summed E-state index contributed by atoms with van der Waals surface area (Å²) in [5.74, 6) is 0.969. The first-order valence-electron chi connectivity index (χ1n) is 6.92. The van der Waals surface area contributed by atoms with Crippen molar-refractivity contribution in [1.82, 2.24) is 14.8 Å². The second-order valence-electron chi connectivity index (χ2n) is 5.18. The van der Waals surface area contributed by atoms with E-state index in [1.807, 2.05) is 23.7 Å². The Hall–Kier alpha value is -2.57. The van der Waals surface area contributed by atoms with Crippen molar-refractivity contribution in [2.24, 2.45) is 7.05 Å². The third-order valence-electron chi connectivity index (χ3n) is 3.64. The monoisotopic (exact) mass is 286 g/mol. The van der Waals surface area contributed by atoms with Gasteiger partial charge in [0.1, 0.15) is 12.2 Å². The van der Waals surface area contributed by atoms with E-state index in [2.05, 4.69) is 20.8 Å². The minimum atomic E-state index is 0.0462. The summed E-state index contributed by atoms with van der Waals surface area (Å²) in [6.45, 7) is 0.724. The van der Waals surface area contributed by atoms with Crippen molar-refractivity contribution in [3.05, 3.63) is 29.8 Å². The van der Waals surface area contributed by atoms with Crippen LogP contribution in [0.25, 0.3) is 0 Å². The molecule has 1 aromatic carbocycles. The fraction of sp³-hybridized carbons (Fsp3) is 0.357. The van der Waals surface area contributed by atoms with Gasteiger partial charge in [0, 0.05) is 32.1 Å². The molecule has 1 aliphatic heterocycles. The molecule has 0 bridgehead atoms. The molecule has 4 N–H and O–H groups in total. The normalized spacial score (nSPS) is 13.7. The molecule has 0 aliphatic carbocycles. The van der Waals surface area contributed by atoms with Crippen LogP contribution in [0.4, 0.5) is 17.1 Å². The number of amides is 1. The molecule has 1 aromatic heterocycles. The minimum Gasteiger partial charge on any atom is -0.397 e. The molecule has 3 rings (SSSR count). The number of hydrogen-bond donors (Lipinski definition) is 3. The van der Waals surface area contributed by atoms with Gasteiger partial charge in [0.05, 0.1) is 11.4 Å². The number of nitrogen functional groups attached to an aromatic ring is 1. The van der Waals surface area contributed by atoms with Crippen molar-refractivity contribution >= 4 is 23.0 Å². The summed E-state index contributed by atoms with van der Waals surface area (Å²) in [6.07, 6.45) is 3.73. The largest absolute Gasteiger partial charge is 0.397 e. The number of carbonyl (C=O) groups is 1. The Morgan fingerprint density at radius 2 is 2.29 bits per heavy atom. The topological polar surface area (TPSA) is 97.9 Å². The van der Waals surface area contributed by atoms with Crippen molar-refractivity contribution in [3.63, 3.8) is 0 Å². The highest BCUT2D eigenvalue weighted by atomic mass is 16.1. The number of aromatic nitrogens is 3. The predicted molar refractivity (Wildman–Crippen MR) is 81.0 cm³/mol. The van der Waals surface area contributed by atoms with Gasteiger partial charge in [0.15, 0.2) is 0 Å². The van der Waals surface area contributed by atoms with E-state index in [1.54, 1.807) is 6.33 Å². The Morgan fingerprint density at radius 3 is 3.05 bits per heavy atom. The molecule has 0 atom stereocenters. The van der Waals surface area contributed by atoms with Crippen LogP contribution in [0.2, 0.25) is 0 Å². The van der Waals surface area contributed by atoms with Crippen molar-refractivity contribution in [2.75, 3.05) is 22.9 Å². The molecule has 0 radical (unpaired) electrons. The summed E-state index contributed by atoms with van der Waals surface area (Å²) < 4.78 is 1.90. The lowest BCUT2D eigenvalue weighted by Crippen LogP contribution is -2.19. The van der Waals surface area contributed by atoms with Gasteiger partial charge in [0.25, 0.3) is 0 Å². The molecule has 0 saturated heterocycles. The smallest absolute Gasteiger partial charge is 0.224 e. The van der Waals surface area contributed by atoms with E-state index >= 15 is 0 Å². The highest BCUT2D eigenvalue weighted by Crippen LogP contribution is 2.30. The van der Waals surface area contributed by atoms with Crippen LogP contribution >= 0.6 is 0 Å². The quantitative estimate of drug-likeness (QED) is 0.727. The molecule has 0 spiro atoms. The number of nitrogens with one attached hydrogen (secondary N) is 2. The number of nitrogens with zero attached hydrogens (tertiary/aromatic N) is 3. The summed E-state index contributed by atoms with van der Waals surface area (Å²) in [5, 5.41) is 14.1. The number of benzene rings is 1. The summed E-state index contributed by atoms with van der Waals surface area (Å²) in [5.41, 5.74) is 9.50. The Balaban J connectivity index is 1.68. The highest BCUT2D eigenvalue weighted by Gasteiger charge is 2.16. The van der Waals surface area contributed by atoms with Crippen molar-refractivity contribution in [1.29, 1.82) is 0 Å². The first-order chi connectivity index (χ1) is 10.1. The Bertz CT molecular complexity index is 678. The fourth-order valence-electron chi connectivity index (χ4n) is 2.44. The molecule has 7 heteroatoms. The van der Waals surface area contributed by atoms with Crippen LogP contribution in [-0.2, 0) is 24.7 Å². The van der Waals surface area contributed by atoms with Crippen molar-refractivity contribution < 1.29 is 4.79 Å². The van der Waals surface area contributed by atoms with Gasteiger partial charge in [-0.15, -0.1) is 10.2 Å². The first kappa shape index (κ1) is 13.4. The van der Waals surface area contributed by atoms with Gasteiger partial charge in [-0.05, 0) is 24.1 Å². The van der Waals surface area contributed by atoms with Crippen LogP contribution in [-0.4, -0.2) is 27.2 Å². The molecule has 21 heavy (non-hydrogen) atoms. The van der Waals surface area contributed by atoms with Crippen LogP contribution in [0, 0.1) is 0 Å². The second-order valence-corrected chi connectivity index (χ2v) is 5.18. The van der Waals surface area contributed by atoms with Crippen LogP contribution in [0.5, 0.6) is 0 Å². The van der Waals surface area contributed by atoms with Crippen LogP contribution in [0.15, 0.2) is 18.5 Å². The Morgan fingerprint density at radius 1 is 1.43 bits per heavy atom. The molecule has 0 unspecified atom stereocenters. The van der Waals surface area contributed by atoms with Gasteiger partial charge >= 0.3 is 0 Å². The van der Waals surface area contributed by atoms with E-state index in [0.717, 1.165) is 42.1 Å². The molecular formula is C14H18N6O. The molecule has 1 amide bonds. The molecule has 0 fully saturated rings. The second kappa shape index (κ2) is 5.43. The molecule has 0 saturated carbocycles. The van der Waals surface area contributed by atoms with Crippen molar-refractivity contribution in [2.45, 2.75) is 19.3 Å². The number of nitrogens with two attached hydrogens (primary N) is 1. The molecule has 2 aromatic rings. The molecule has 1 aliphatic rings. The standard InChI is InChI=1S/C14H18N6O/c1-20-8-17-19-13(20)4-5-16-12-6-9-2-3-14(21)18-11(9)7-10(12)15/h6-8,16H,2-5,15H2,1H3,(H,18,21). The van der Waals surface area contributed by atoms with E-state index in [0.29, 0.717) is 12.1 Å². The van der Waals surface area contributed by atoms with Crippen LogP contribution in [0.1, 0.15) is 17.8 Å². The molecule has 110 valence electrons. The maximum Gasteiger partial charge on any atom is 0.224 e. The van der Waals surface area contributed by atoms with E-state index in [9.17, 15) is 4.79 Å². The zero-order valence-electron chi connectivity index (χ0n) is 11.9. The lowest BCUT2D eigenvalue weighted by molar-refractivity contribution is -0.116. The Kier molecular flexibility index (Phi) is 3.47. The van der Waals surface area contributed by atoms with Gasteiger partial charge in [0.2, 0.25) is 5.91 Å². The summed E-state index contributed by atoms with van der Waals surface area (Å²) >= 11 is 0. The maximum absolute atomic E-state index is 11.4. The first-order valence-corrected chi connectivity index (χ1v) is 6.92. The minimum absolute atomic E-state index is 0.0462. The lowest BCUT2D eigenvalue weighted by Gasteiger charge is -2.19. The van der Waals surface area contributed by atoms with Gasteiger partial charge in [-0.1, -0.05) is 0 Å². The number of anilines is 3. The lowest BCUT2D eigenvalue weighted by atomic mass is 10.0. The number of rotatable bonds is 4. The van der Waals surface area contributed by atoms with Crippen molar-refractivity contribution in [3.8, 4) is 0 Å². The third-order valence-corrected chi connectivity index (χ3v) is 3.64. The molecular weight excluding hydrogens is 268 g/mol. The van der Waals surface area contributed by atoms with Crippen LogP contribution < -0.4 is 16.4 Å². The van der Waals surface area contributed by atoms with Gasteiger partial charge < -0.3 is 20.9 Å². The average molecular weight is 286 g/mol. The number of hydrogen-bond acceptors (Lipinski definition) is 5. The molecule has 7 nitrogen and oxygen atoms in total. The summed E-state index contributed by atoms with van der Waals surface area (Å²) in [6, 6.07) is 3.83. The zero-order chi connectivity index (χ0) is 14.8. The SMILES string of the molecule is Cn1cnnc1CCNc1cc2c(cc1N)NC(=O)CC2. The third kappa shape index (κ3) is 2.81. The highest BCUT2D eigenvalue weighted by molar-refractivity contribution is 5.95. The molecule has 2 heterocycles. The predicted octanol–water partition coefficient (Wildman–Crippen LogP) is 0.937. The van der Waals surface area contributed by atoms with E-state index in [1.165, 1.54) is 0 Å². The van der Waals surface area contributed by atoms with Gasteiger partial charge in [-0.2, -0.15) is 0 Å². The number of carbonyl (C=O) groups excluding carboxylic acids is 1. The van der Waals surface area contributed by atoms with Gasteiger partial charge in [-0.3, -0.25) is 4.79 Å². The average Bonchev–Trinajstić information content (AvgIpc) is 2.85. The van der Waals surface area contributed by atoms with Crippen LogP contribution in [0.3, 0.4) is 0 Å². The zero-order valence-corrected chi connectivity index (χ0v) is 11.9. The number of aryl methyl sites for hydroxylation is 2. The van der Waals surface area contributed by atoms with E-state index < -0.39 is 0 Å². The summed E-state index contributed by atoms with van der Waals surface area (Å²) in [4.78, 5) is 11.4.